The number of benzene rings is 1. The number of piperazine rings is 1. The smallest absolute Gasteiger partial charge is 0.323 e. The Morgan fingerprint density at radius 1 is 1.11 bits per heavy atom. The molecule has 144 valence electrons. The van der Waals surface area contributed by atoms with Gasteiger partial charge in [0, 0.05) is 38.9 Å². The lowest BCUT2D eigenvalue weighted by Gasteiger charge is -2.35. The average molecular weight is 368 g/mol. The quantitative estimate of drug-likeness (QED) is 0.752. The molecule has 1 aromatic carbocycles. The predicted octanol–water partition coefficient (Wildman–Crippen LogP) is 1.84. The van der Waals surface area contributed by atoms with Gasteiger partial charge in [-0.3, -0.25) is 9.69 Å². The SMILES string of the molecule is CCOC(=O)C(N)Cc1ccc(N2CCN(Cc3ccccc3)CC2)nc1. The van der Waals surface area contributed by atoms with E-state index in [1.165, 1.54) is 5.56 Å². The van der Waals surface area contributed by atoms with Crippen LogP contribution in [0.2, 0.25) is 0 Å². The number of nitrogens with two attached hydrogens (primary N) is 1. The standard InChI is InChI=1S/C21H28N4O2/c1-2-27-21(26)19(22)14-18-8-9-20(23-15-18)25-12-10-24(11-13-25)16-17-6-4-3-5-7-17/h3-9,15,19H,2,10-14,16,22H2,1H3. The van der Waals surface area contributed by atoms with E-state index in [9.17, 15) is 4.79 Å². The van der Waals surface area contributed by atoms with E-state index in [1.807, 2.05) is 18.3 Å². The summed E-state index contributed by atoms with van der Waals surface area (Å²) >= 11 is 0. The number of carbonyl (C=O) groups is 1. The number of hydrogen-bond acceptors (Lipinski definition) is 6. The van der Waals surface area contributed by atoms with Crippen LogP contribution >= 0.6 is 0 Å². The molecule has 1 aliphatic rings. The van der Waals surface area contributed by atoms with Gasteiger partial charge in [0.2, 0.25) is 0 Å². The molecule has 27 heavy (non-hydrogen) atoms. The first kappa shape index (κ1) is 19.3. The second-order valence-corrected chi connectivity index (χ2v) is 6.84. The van der Waals surface area contributed by atoms with Crippen LogP contribution in [0.5, 0.6) is 0 Å². The Kier molecular flexibility index (Phi) is 6.79. The Bertz CT molecular complexity index is 713. The fraction of sp³-hybridized carbons (Fsp3) is 0.429. The topological polar surface area (TPSA) is 71.7 Å². The Morgan fingerprint density at radius 3 is 2.48 bits per heavy atom. The highest BCUT2D eigenvalue weighted by Crippen LogP contribution is 2.16. The normalized spacial score (nSPS) is 16.1. The van der Waals surface area contributed by atoms with Crippen LogP contribution in [0.25, 0.3) is 0 Å². The second-order valence-electron chi connectivity index (χ2n) is 6.84. The lowest BCUT2D eigenvalue weighted by molar-refractivity contribution is -0.144. The Hall–Kier alpha value is -2.44. The second kappa shape index (κ2) is 9.48. The number of rotatable bonds is 7. The first-order valence-electron chi connectivity index (χ1n) is 9.54. The van der Waals surface area contributed by atoms with E-state index in [0.717, 1.165) is 44.1 Å². The van der Waals surface area contributed by atoms with Crippen LogP contribution in [-0.2, 0) is 22.5 Å². The summed E-state index contributed by atoms with van der Waals surface area (Å²) in [6.45, 7) is 7.08. The summed E-state index contributed by atoms with van der Waals surface area (Å²) in [7, 11) is 0. The summed E-state index contributed by atoms with van der Waals surface area (Å²) in [6, 6.07) is 13.9. The molecule has 6 heteroatoms. The fourth-order valence-electron chi connectivity index (χ4n) is 3.29. The molecule has 1 fully saturated rings. The van der Waals surface area contributed by atoms with Gasteiger partial charge in [0.05, 0.1) is 6.61 Å². The van der Waals surface area contributed by atoms with Crippen molar-refractivity contribution in [1.82, 2.24) is 9.88 Å². The monoisotopic (exact) mass is 368 g/mol. The zero-order valence-electron chi connectivity index (χ0n) is 15.9. The summed E-state index contributed by atoms with van der Waals surface area (Å²) in [6.07, 6.45) is 2.25. The van der Waals surface area contributed by atoms with E-state index >= 15 is 0 Å². The molecule has 0 spiro atoms. The van der Waals surface area contributed by atoms with Gasteiger partial charge in [0.1, 0.15) is 11.9 Å². The number of hydrogen-bond donors (Lipinski definition) is 1. The molecule has 1 unspecified atom stereocenters. The van der Waals surface area contributed by atoms with Gasteiger partial charge in [-0.15, -0.1) is 0 Å². The minimum Gasteiger partial charge on any atom is -0.465 e. The lowest BCUT2D eigenvalue weighted by atomic mass is 10.1. The zero-order valence-corrected chi connectivity index (χ0v) is 15.9. The van der Waals surface area contributed by atoms with Gasteiger partial charge >= 0.3 is 5.97 Å². The van der Waals surface area contributed by atoms with Gasteiger partial charge in [-0.1, -0.05) is 36.4 Å². The van der Waals surface area contributed by atoms with Crippen LogP contribution < -0.4 is 10.6 Å². The van der Waals surface area contributed by atoms with E-state index in [0.29, 0.717) is 13.0 Å². The maximum absolute atomic E-state index is 11.6. The van der Waals surface area contributed by atoms with Crippen molar-refractivity contribution in [3.63, 3.8) is 0 Å². The molecule has 0 saturated carbocycles. The molecule has 1 aromatic heterocycles. The minimum atomic E-state index is -0.640. The maximum Gasteiger partial charge on any atom is 0.323 e. The van der Waals surface area contributed by atoms with Crippen LogP contribution in [-0.4, -0.2) is 54.7 Å². The number of pyridine rings is 1. The van der Waals surface area contributed by atoms with E-state index < -0.39 is 6.04 Å². The molecular weight excluding hydrogens is 340 g/mol. The summed E-state index contributed by atoms with van der Waals surface area (Å²) in [5, 5.41) is 0. The third kappa shape index (κ3) is 5.52. The maximum atomic E-state index is 11.6. The van der Waals surface area contributed by atoms with Crippen LogP contribution in [0.1, 0.15) is 18.1 Å². The van der Waals surface area contributed by atoms with Crippen molar-refractivity contribution in [3.05, 3.63) is 59.8 Å². The molecule has 1 atom stereocenters. The number of esters is 1. The van der Waals surface area contributed by atoms with Crippen molar-refractivity contribution in [2.24, 2.45) is 5.73 Å². The number of ether oxygens (including phenoxy) is 1. The van der Waals surface area contributed by atoms with Gasteiger partial charge in [-0.25, -0.2) is 4.98 Å². The minimum absolute atomic E-state index is 0.347. The largest absolute Gasteiger partial charge is 0.465 e. The predicted molar refractivity (Wildman–Crippen MR) is 106 cm³/mol. The van der Waals surface area contributed by atoms with E-state index in [1.54, 1.807) is 6.92 Å². The summed E-state index contributed by atoms with van der Waals surface area (Å²) in [5.41, 5.74) is 8.18. The number of anilines is 1. The van der Waals surface area contributed by atoms with Crippen molar-refractivity contribution in [2.75, 3.05) is 37.7 Å². The highest BCUT2D eigenvalue weighted by molar-refractivity contribution is 5.75. The molecule has 0 bridgehead atoms. The average Bonchev–Trinajstić information content (AvgIpc) is 2.70. The van der Waals surface area contributed by atoms with Crippen molar-refractivity contribution in [1.29, 1.82) is 0 Å². The third-order valence-electron chi connectivity index (χ3n) is 4.80. The summed E-state index contributed by atoms with van der Waals surface area (Å²) < 4.78 is 4.95. The first-order valence-corrected chi connectivity index (χ1v) is 9.54. The molecule has 3 rings (SSSR count). The van der Waals surface area contributed by atoms with Gasteiger partial charge in [0.15, 0.2) is 0 Å². The molecule has 0 aliphatic carbocycles. The van der Waals surface area contributed by atoms with Gasteiger partial charge in [-0.2, -0.15) is 0 Å². The van der Waals surface area contributed by atoms with E-state index in [2.05, 4.69) is 45.1 Å². The van der Waals surface area contributed by atoms with Crippen molar-refractivity contribution in [3.8, 4) is 0 Å². The molecule has 1 saturated heterocycles. The van der Waals surface area contributed by atoms with E-state index in [-0.39, 0.29) is 5.97 Å². The van der Waals surface area contributed by atoms with E-state index in [4.69, 9.17) is 10.5 Å². The summed E-state index contributed by atoms with van der Waals surface area (Å²) in [4.78, 5) is 21.0. The van der Waals surface area contributed by atoms with Crippen LogP contribution in [0.3, 0.4) is 0 Å². The molecule has 2 aromatic rings. The molecule has 2 heterocycles. The van der Waals surface area contributed by atoms with Crippen molar-refractivity contribution < 1.29 is 9.53 Å². The highest BCUT2D eigenvalue weighted by Gasteiger charge is 2.19. The number of aromatic nitrogens is 1. The highest BCUT2D eigenvalue weighted by atomic mass is 16.5. The Labute approximate surface area is 160 Å². The number of carbonyl (C=O) groups excluding carboxylic acids is 1. The van der Waals surface area contributed by atoms with Crippen molar-refractivity contribution in [2.45, 2.75) is 25.9 Å². The van der Waals surface area contributed by atoms with Crippen LogP contribution in [0.4, 0.5) is 5.82 Å². The van der Waals surface area contributed by atoms with Gasteiger partial charge in [-0.05, 0) is 30.5 Å². The van der Waals surface area contributed by atoms with Gasteiger partial charge < -0.3 is 15.4 Å². The summed E-state index contributed by atoms with van der Waals surface area (Å²) in [5.74, 6) is 0.610. The van der Waals surface area contributed by atoms with Crippen molar-refractivity contribution >= 4 is 11.8 Å². The van der Waals surface area contributed by atoms with Gasteiger partial charge in [0.25, 0.3) is 0 Å². The fourth-order valence-corrected chi connectivity index (χ4v) is 3.29. The molecule has 2 N–H and O–H groups in total. The van der Waals surface area contributed by atoms with Crippen LogP contribution in [0.15, 0.2) is 48.7 Å². The molecule has 6 nitrogen and oxygen atoms in total. The molecule has 1 aliphatic heterocycles. The molecule has 0 amide bonds. The molecule has 0 radical (unpaired) electrons. The molecular formula is C21H28N4O2. The Morgan fingerprint density at radius 2 is 1.85 bits per heavy atom. The number of nitrogens with zero attached hydrogens (tertiary/aromatic N) is 3. The first-order chi connectivity index (χ1) is 13.2. The zero-order chi connectivity index (χ0) is 19.1. The Balaban J connectivity index is 1.49. The van der Waals surface area contributed by atoms with Crippen LogP contribution in [0, 0.1) is 0 Å². The lowest BCUT2D eigenvalue weighted by Crippen LogP contribution is -2.46. The third-order valence-corrected chi connectivity index (χ3v) is 4.80.